The van der Waals surface area contributed by atoms with E-state index >= 15 is 0 Å². The van der Waals surface area contributed by atoms with E-state index in [2.05, 4.69) is 29.5 Å². The number of hydrogen-bond donors (Lipinski definition) is 0. The Hall–Kier alpha value is -2.50. The van der Waals surface area contributed by atoms with Crippen LogP contribution in [0.5, 0.6) is 5.75 Å². The molecule has 1 aromatic heterocycles. The monoisotopic (exact) mass is 290 g/mol. The minimum atomic E-state index is 0.560. The minimum absolute atomic E-state index is 0.560. The first-order valence-corrected chi connectivity index (χ1v) is 7.56. The van der Waals surface area contributed by atoms with Crippen molar-refractivity contribution in [2.75, 3.05) is 0 Å². The van der Waals surface area contributed by atoms with Crippen LogP contribution in [0.2, 0.25) is 0 Å². The van der Waals surface area contributed by atoms with Gasteiger partial charge in [0.05, 0.1) is 4.88 Å². The van der Waals surface area contributed by atoms with Crippen LogP contribution in [-0.2, 0) is 6.61 Å². The van der Waals surface area contributed by atoms with E-state index < -0.39 is 0 Å². The Morgan fingerprint density at radius 2 is 1.76 bits per heavy atom. The molecule has 1 heterocycles. The Morgan fingerprint density at radius 1 is 1.00 bits per heavy atom. The van der Waals surface area contributed by atoms with Gasteiger partial charge in [0.15, 0.2) is 0 Å². The fourth-order valence-electron chi connectivity index (χ4n) is 2.12. The van der Waals surface area contributed by atoms with Crippen LogP contribution < -0.4 is 4.74 Å². The Bertz CT molecular complexity index is 766. The summed E-state index contributed by atoms with van der Waals surface area (Å²) in [7, 11) is 0. The van der Waals surface area contributed by atoms with Crippen LogP contribution in [0.1, 0.15) is 10.4 Å². The van der Waals surface area contributed by atoms with Crippen LogP contribution in [0.25, 0.3) is 11.1 Å². The van der Waals surface area contributed by atoms with Crippen molar-refractivity contribution >= 4 is 11.3 Å². The molecule has 2 heteroatoms. The Balaban J connectivity index is 1.84. The fourth-order valence-corrected chi connectivity index (χ4v) is 2.83. The maximum Gasteiger partial charge on any atom is 0.127 e. The molecule has 0 unspecified atom stereocenters. The predicted octanol–water partition coefficient (Wildman–Crippen LogP) is 4.98. The molecule has 0 saturated heterocycles. The van der Waals surface area contributed by atoms with Gasteiger partial charge in [0.2, 0.25) is 0 Å². The van der Waals surface area contributed by atoms with Gasteiger partial charge in [-0.3, -0.25) is 0 Å². The number of thiophene rings is 1. The van der Waals surface area contributed by atoms with Crippen LogP contribution in [0.15, 0.2) is 66.0 Å². The van der Waals surface area contributed by atoms with Crippen molar-refractivity contribution in [2.45, 2.75) is 6.61 Å². The molecular formula is C19H14OS. The van der Waals surface area contributed by atoms with Crippen molar-refractivity contribution in [1.82, 2.24) is 0 Å². The molecule has 1 nitrogen and oxygen atoms in total. The van der Waals surface area contributed by atoms with Gasteiger partial charge in [-0.2, -0.15) is 0 Å². The van der Waals surface area contributed by atoms with E-state index in [1.54, 1.807) is 11.3 Å². The minimum Gasteiger partial charge on any atom is -0.488 e. The first-order chi connectivity index (χ1) is 10.4. The number of para-hydroxylation sites is 1. The summed E-state index contributed by atoms with van der Waals surface area (Å²) in [4.78, 5) is 0.933. The number of rotatable bonds is 4. The zero-order valence-corrected chi connectivity index (χ0v) is 12.3. The van der Waals surface area contributed by atoms with E-state index in [0.29, 0.717) is 6.61 Å². The molecule has 0 aliphatic heterocycles. The van der Waals surface area contributed by atoms with E-state index in [-0.39, 0.29) is 0 Å². The van der Waals surface area contributed by atoms with Gasteiger partial charge in [0, 0.05) is 10.9 Å². The predicted molar refractivity (Wildman–Crippen MR) is 88.5 cm³/mol. The molecule has 3 rings (SSSR count). The Morgan fingerprint density at radius 3 is 2.52 bits per heavy atom. The lowest BCUT2D eigenvalue weighted by molar-refractivity contribution is 0.307. The molecule has 21 heavy (non-hydrogen) atoms. The third-order valence-corrected chi connectivity index (χ3v) is 4.04. The highest BCUT2D eigenvalue weighted by Gasteiger charge is 2.08. The summed E-state index contributed by atoms with van der Waals surface area (Å²) in [5.74, 6) is 3.55. The van der Waals surface area contributed by atoms with Crippen LogP contribution in [0.3, 0.4) is 0 Å². The Labute approximate surface area is 128 Å². The largest absolute Gasteiger partial charge is 0.488 e. The lowest BCUT2D eigenvalue weighted by Gasteiger charge is -2.10. The summed E-state index contributed by atoms with van der Waals surface area (Å²) in [6.07, 6.45) is 5.44. The smallest absolute Gasteiger partial charge is 0.127 e. The van der Waals surface area contributed by atoms with E-state index in [1.807, 2.05) is 42.5 Å². The molecule has 0 bridgehead atoms. The number of ether oxygens (including phenoxy) is 1. The van der Waals surface area contributed by atoms with Crippen molar-refractivity contribution in [2.24, 2.45) is 0 Å². The van der Waals surface area contributed by atoms with E-state index in [9.17, 15) is 0 Å². The summed E-state index contributed by atoms with van der Waals surface area (Å²) in [5.41, 5.74) is 3.34. The normalized spacial score (nSPS) is 10.0. The van der Waals surface area contributed by atoms with Crippen molar-refractivity contribution in [3.05, 3.63) is 76.5 Å². The molecule has 0 N–H and O–H groups in total. The molecule has 2 aromatic carbocycles. The molecule has 0 spiro atoms. The lowest BCUT2D eigenvalue weighted by Crippen LogP contribution is -1.96. The Kier molecular flexibility index (Phi) is 4.04. The lowest BCUT2D eigenvalue weighted by atomic mass is 10.1. The summed E-state index contributed by atoms with van der Waals surface area (Å²) < 4.78 is 5.97. The van der Waals surface area contributed by atoms with Gasteiger partial charge in [-0.1, -0.05) is 54.5 Å². The first kappa shape index (κ1) is 13.5. The van der Waals surface area contributed by atoms with Crippen molar-refractivity contribution in [3.8, 4) is 29.2 Å². The fraction of sp³-hybridized carbons (Fsp3) is 0.0526. The number of hydrogen-bond acceptors (Lipinski definition) is 2. The average molecular weight is 290 g/mol. The molecular weight excluding hydrogens is 276 g/mol. The second-order valence-corrected chi connectivity index (χ2v) is 5.53. The van der Waals surface area contributed by atoms with Crippen molar-refractivity contribution in [1.29, 1.82) is 0 Å². The third-order valence-electron chi connectivity index (χ3n) is 3.18. The SMILES string of the molecule is C#Cc1cc(-c2ccccc2OCc2ccccc2)cs1. The van der Waals surface area contributed by atoms with Crippen LogP contribution in [-0.4, -0.2) is 0 Å². The van der Waals surface area contributed by atoms with Gasteiger partial charge in [-0.05, 0) is 23.3 Å². The van der Waals surface area contributed by atoms with Crippen LogP contribution in [0, 0.1) is 12.3 Å². The molecule has 0 aliphatic rings. The maximum absolute atomic E-state index is 5.97. The molecule has 0 atom stereocenters. The van der Waals surface area contributed by atoms with Crippen LogP contribution >= 0.6 is 11.3 Å². The summed E-state index contributed by atoms with van der Waals surface area (Å²) in [6.45, 7) is 0.560. The third kappa shape index (κ3) is 3.16. The highest BCUT2D eigenvalue weighted by molar-refractivity contribution is 7.11. The molecule has 0 fully saturated rings. The second-order valence-electron chi connectivity index (χ2n) is 4.61. The molecule has 0 radical (unpaired) electrons. The first-order valence-electron chi connectivity index (χ1n) is 6.68. The van der Waals surface area contributed by atoms with Crippen LogP contribution in [0.4, 0.5) is 0 Å². The summed E-state index contributed by atoms with van der Waals surface area (Å²) >= 11 is 1.58. The van der Waals surface area contributed by atoms with Gasteiger partial charge in [-0.15, -0.1) is 17.8 Å². The van der Waals surface area contributed by atoms with E-state index in [0.717, 1.165) is 27.3 Å². The highest BCUT2D eigenvalue weighted by atomic mass is 32.1. The molecule has 0 aliphatic carbocycles. The van der Waals surface area contributed by atoms with Gasteiger partial charge in [0.25, 0.3) is 0 Å². The zero-order chi connectivity index (χ0) is 14.5. The maximum atomic E-state index is 5.97. The zero-order valence-electron chi connectivity index (χ0n) is 11.5. The molecule has 102 valence electrons. The van der Waals surface area contributed by atoms with Gasteiger partial charge >= 0.3 is 0 Å². The number of benzene rings is 2. The van der Waals surface area contributed by atoms with E-state index in [1.165, 1.54) is 0 Å². The topological polar surface area (TPSA) is 9.23 Å². The summed E-state index contributed by atoms with van der Waals surface area (Å²) in [5, 5.41) is 2.07. The molecule has 0 saturated carbocycles. The average Bonchev–Trinajstić information content (AvgIpc) is 3.03. The molecule has 3 aromatic rings. The van der Waals surface area contributed by atoms with Crippen molar-refractivity contribution in [3.63, 3.8) is 0 Å². The highest BCUT2D eigenvalue weighted by Crippen LogP contribution is 2.33. The van der Waals surface area contributed by atoms with Crippen molar-refractivity contribution < 1.29 is 4.74 Å². The van der Waals surface area contributed by atoms with E-state index in [4.69, 9.17) is 11.2 Å². The second kappa shape index (κ2) is 6.30. The van der Waals surface area contributed by atoms with Gasteiger partial charge < -0.3 is 4.74 Å². The van der Waals surface area contributed by atoms with Gasteiger partial charge in [0.1, 0.15) is 12.4 Å². The number of terminal acetylenes is 1. The standard InChI is InChI=1S/C19H14OS/c1-2-17-12-16(14-21-17)18-10-6-7-11-19(18)20-13-15-8-4-3-5-9-15/h1,3-12,14H,13H2. The quantitative estimate of drug-likeness (QED) is 0.616. The summed E-state index contributed by atoms with van der Waals surface area (Å²) in [6, 6.07) is 20.2. The van der Waals surface area contributed by atoms with Gasteiger partial charge in [-0.25, -0.2) is 0 Å². The molecule has 0 amide bonds.